The van der Waals surface area contributed by atoms with E-state index in [1.165, 1.54) is 12.1 Å². The quantitative estimate of drug-likeness (QED) is 0.292. The molecule has 36 heavy (non-hydrogen) atoms. The number of thiocarbonyl (C=S) groups is 1. The molecule has 0 radical (unpaired) electrons. The third-order valence-corrected chi connectivity index (χ3v) is 7.11. The number of hydrogen-bond donors (Lipinski definition) is 3. The van der Waals surface area contributed by atoms with E-state index < -0.39 is 10.0 Å². The predicted molar refractivity (Wildman–Crippen MR) is 147 cm³/mol. The van der Waals surface area contributed by atoms with Crippen LogP contribution in [-0.2, 0) is 16.6 Å². The number of anilines is 1. The SMILES string of the molecule is Cc1ccc(CNS(=O)(=O)c2ccc(NC(=S)NC(=O)c3ccc(-c4ccccc4)cc3)cc2)cc1. The molecule has 0 spiro atoms. The second-order valence-corrected chi connectivity index (χ2v) is 10.4. The molecule has 1 amide bonds. The van der Waals surface area contributed by atoms with Crippen LogP contribution in [0.5, 0.6) is 0 Å². The van der Waals surface area contributed by atoms with Crippen LogP contribution in [0.3, 0.4) is 0 Å². The van der Waals surface area contributed by atoms with Gasteiger partial charge in [-0.15, -0.1) is 0 Å². The summed E-state index contributed by atoms with van der Waals surface area (Å²) in [4.78, 5) is 12.7. The average molecular weight is 516 g/mol. The van der Waals surface area contributed by atoms with E-state index in [9.17, 15) is 13.2 Å². The van der Waals surface area contributed by atoms with Crippen molar-refractivity contribution in [1.29, 1.82) is 0 Å². The Morgan fingerprint density at radius 1 is 0.778 bits per heavy atom. The summed E-state index contributed by atoms with van der Waals surface area (Å²) in [6.45, 7) is 2.18. The number of hydrogen-bond acceptors (Lipinski definition) is 4. The van der Waals surface area contributed by atoms with Gasteiger partial charge in [0.05, 0.1) is 4.90 Å². The zero-order valence-electron chi connectivity index (χ0n) is 19.6. The van der Waals surface area contributed by atoms with E-state index in [1.807, 2.05) is 73.7 Å². The first kappa shape index (κ1) is 25.2. The first-order valence-electron chi connectivity index (χ1n) is 11.2. The highest BCUT2D eigenvalue weighted by molar-refractivity contribution is 7.89. The van der Waals surface area contributed by atoms with E-state index in [2.05, 4.69) is 15.4 Å². The van der Waals surface area contributed by atoms with E-state index in [-0.39, 0.29) is 22.5 Å². The molecule has 6 nitrogen and oxygen atoms in total. The Kier molecular flexibility index (Phi) is 7.90. The molecule has 4 rings (SSSR count). The largest absolute Gasteiger partial charge is 0.332 e. The van der Waals surface area contributed by atoms with Gasteiger partial charge in [0.2, 0.25) is 10.0 Å². The molecule has 0 saturated heterocycles. The van der Waals surface area contributed by atoms with Crippen LogP contribution < -0.4 is 15.4 Å². The predicted octanol–water partition coefficient (Wildman–Crippen LogP) is 5.27. The third-order valence-electron chi connectivity index (χ3n) is 5.49. The summed E-state index contributed by atoms with van der Waals surface area (Å²) in [6, 6.07) is 30.9. The molecule has 0 heterocycles. The summed E-state index contributed by atoms with van der Waals surface area (Å²) >= 11 is 5.25. The molecule has 182 valence electrons. The Morgan fingerprint density at radius 2 is 1.39 bits per heavy atom. The summed E-state index contributed by atoms with van der Waals surface area (Å²) < 4.78 is 27.8. The summed E-state index contributed by atoms with van der Waals surface area (Å²) in [5, 5.41) is 5.66. The monoisotopic (exact) mass is 515 g/mol. The molecule has 0 atom stereocenters. The maximum Gasteiger partial charge on any atom is 0.257 e. The van der Waals surface area contributed by atoms with Gasteiger partial charge in [-0.1, -0.05) is 72.3 Å². The molecule has 0 aliphatic rings. The van der Waals surface area contributed by atoms with Gasteiger partial charge in [-0.25, -0.2) is 13.1 Å². The number of nitrogens with one attached hydrogen (secondary N) is 3. The van der Waals surface area contributed by atoms with Crippen molar-refractivity contribution in [2.24, 2.45) is 0 Å². The van der Waals surface area contributed by atoms with E-state index in [1.54, 1.807) is 24.3 Å². The average Bonchev–Trinajstić information content (AvgIpc) is 2.89. The van der Waals surface area contributed by atoms with E-state index >= 15 is 0 Å². The molecule has 0 aliphatic carbocycles. The third kappa shape index (κ3) is 6.63. The molecule has 0 fully saturated rings. The fourth-order valence-corrected chi connectivity index (χ4v) is 4.70. The van der Waals surface area contributed by atoms with Crippen LogP contribution in [0.2, 0.25) is 0 Å². The van der Waals surface area contributed by atoms with Crippen LogP contribution in [0.1, 0.15) is 21.5 Å². The summed E-state index contributed by atoms with van der Waals surface area (Å²) in [6.07, 6.45) is 0. The van der Waals surface area contributed by atoms with Crippen LogP contribution in [0.4, 0.5) is 5.69 Å². The number of sulfonamides is 1. The maximum atomic E-state index is 12.6. The topological polar surface area (TPSA) is 87.3 Å². The van der Waals surface area contributed by atoms with Crippen molar-refractivity contribution >= 4 is 38.9 Å². The van der Waals surface area contributed by atoms with Crippen molar-refractivity contribution < 1.29 is 13.2 Å². The highest BCUT2D eigenvalue weighted by Gasteiger charge is 2.14. The number of carbonyl (C=O) groups excluding carboxylic acids is 1. The Morgan fingerprint density at radius 3 is 2.03 bits per heavy atom. The van der Waals surface area contributed by atoms with Crippen LogP contribution in [0, 0.1) is 6.92 Å². The second-order valence-electron chi connectivity index (χ2n) is 8.19. The van der Waals surface area contributed by atoms with E-state index in [0.717, 1.165) is 22.3 Å². The molecular formula is C28H25N3O3S2. The van der Waals surface area contributed by atoms with Gasteiger partial charge in [-0.2, -0.15) is 0 Å². The van der Waals surface area contributed by atoms with Crippen molar-refractivity contribution in [1.82, 2.24) is 10.0 Å². The summed E-state index contributed by atoms with van der Waals surface area (Å²) in [7, 11) is -3.67. The van der Waals surface area contributed by atoms with Crippen molar-refractivity contribution in [3.05, 3.63) is 120 Å². The van der Waals surface area contributed by atoms with Gasteiger partial charge in [0.15, 0.2) is 5.11 Å². The lowest BCUT2D eigenvalue weighted by atomic mass is 10.0. The maximum absolute atomic E-state index is 12.6. The van der Waals surface area contributed by atoms with Gasteiger partial charge in [0.25, 0.3) is 5.91 Å². The van der Waals surface area contributed by atoms with Crippen molar-refractivity contribution in [2.45, 2.75) is 18.4 Å². The van der Waals surface area contributed by atoms with Crippen LogP contribution >= 0.6 is 12.2 Å². The lowest BCUT2D eigenvalue weighted by Crippen LogP contribution is -2.34. The standard InChI is InChI=1S/C28H25N3O3S2/c1-20-7-9-21(10-8-20)19-29-36(33,34)26-17-15-25(16-18-26)30-28(35)31-27(32)24-13-11-23(12-14-24)22-5-3-2-4-6-22/h2-18,29H,19H2,1H3,(H2,30,31,32,35). The van der Waals surface area contributed by atoms with Gasteiger partial charge in [-0.05, 0) is 72.2 Å². The Bertz CT molecular complexity index is 1450. The number of carbonyl (C=O) groups is 1. The Balaban J connectivity index is 1.31. The first-order valence-corrected chi connectivity index (χ1v) is 13.1. The molecule has 0 saturated carbocycles. The normalized spacial score (nSPS) is 11.0. The molecular weight excluding hydrogens is 490 g/mol. The highest BCUT2D eigenvalue weighted by Crippen LogP contribution is 2.19. The lowest BCUT2D eigenvalue weighted by Gasteiger charge is -2.11. The summed E-state index contributed by atoms with van der Waals surface area (Å²) in [5.74, 6) is -0.341. The molecule has 3 N–H and O–H groups in total. The van der Waals surface area contributed by atoms with Crippen LogP contribution in [0.25, 0.3) is 11.1 Å². The fourth-order valence-electron chi connectivity index (χ4n) is 3.47. The number of amides is 1. The van der Waals surface area contributed by atoms with E-state index in [0.29, 0.717) is 11.3 Å². The number of aryl methyl sites for hydroxylation is 1. The molecule has 0 aromatic heterocycles. The molecule has 8 heteroatoms. The lowest BCUT2D eigenvalue weighted by molar-refractivity contribution is 0.0977. The number of benzene rings is 4. The highest BCUT2D eigenvalue weighted by atomic mass is 32.2. The minimum absolute atomic E-state index is 0.111. The smallest absolute Gasteiger partial charge is 0.257 e. The molecule has 0 bridgehead atoms. The Labute approximate surface area is 216 Å². The Hall–Kier alpha value is -3.85. The van der Waals surface area contributed by atoms with Crippen LogP contribution in [0.15, 0.2) is 108 Å². The van der Waals surface area contributed by atoms with Gasteiger partial charge in [0, 0.05) is 17.8 Å². The second kappa shape index (κ2) is 11.3. The zero-order valence-corrected chi connectivity index (χ0v) is 21.2. The molecule has 0 unspecified atom stereocenters. The zero-order chi connectivity index (χ0) is 25.5. The fraction of sp³-hybridized carbons (Fsp3) is 0.0714. The molecule has 0 aliphatic heterocycles. The minimum atomic E-state index is -3.67. The summed E-state index contributed by atoms with van der Waals surface area (Å²) in [5.41, 5.74) is 5.09. The van der Waals surface area contributed by atoms with E-state index in [4.69, 9.17) is 12.2 Å². The van der Waals surface area contributed by atoms with Gasteiger partial charge < -0.3 is 5.32 Å². The minimum Gasteiger partial charge on any atom is -0.332 e. The molecule has 4 aromatic rings. The van der Waals surface area contributed by atoms with Gasteiger partial charge in [0.1, 0.15) is 0 Å². The van der Waals surface area contributed by atoms with Crippen molar-refractivity contribution in [3.8, 4) is 11.1 Å². The van der Waals surface area contributed by atoms with Gasteiger partial charge >= 0.3 is 0 Å². The molecule has 4 aromatic carbocycles. The number of rotatable bonds is 7. The first-order chi connectivity index (χ1) is 17.3. The van der Waals surface area contributed by atoms with Crippen molar-refractivity contribution in [2.75, 3.05) is 5.32 Å². The van der Waals surface area contributed by atoms with Crippen molar-refractivity contribution in [3.63, 3.8) is 0 Å². The van der Waals surface area contributed by atoms with Crippen LogP contribution in [-0.4, -0.2) is 19.4 Å². The van der Waals surface area contributed by atoms with Gasteiger partial charge in [-0.3, -0.25) is 10.1 Å².